The van der Waals surface area contributed by atoms with E-state index in [9.17, 15) is 4.79 Å². The maximum atomic E-state index is 12.4. The number of hydrogen-bond acceptors (Lipinski definition) is 7. The Kier molecular flexibility index (Phi) is 6.59. The number of thioether (sulfide) groups is 1. The molecule has 9 heteroatoms. The van der Waals surface area contributed by atoms with E-state index in [1.54, 1.807) is 11.3 Å². The van der Waals surface area contributed by atoms with Crippen molar-refractivity contribution in [1.82, 2.24) is 20.1 Å². The standard InChI is InChI=1S/C21H24N4O3S2/c1-3-25-20(18-6-4-9-29-18)23-24-21(25)30-13-19(26)22-12-15-11-17-16(10-14(15)2)27-7-5-8-28-17/h4,6,9-11H,3,5,7-8,12-13H2,1-2H3,(H,22,26). The Balaban J connectivity index is 1.35. The van der Waals surface area contributed by atoms with Crippen molar-refractivity contribution in [1.29, 1.82) is 0 Å². The molecule has 0 saturated heterocycles. The van der Waals surface area contributed by atoms with Gasteiger partial charge in [0.15, 0.2) is 22.5 Å². The minimum atomic E-state index is -0.0464. The van der Waals surface area contributed by atoms with E-state index < -0.39 is 0 Å². The second-order valence-corrected chi connectivity index (χ2v) is 8.76. The summed E-state index contributed by atoms with van der Waals surface area (Å²) in [6, 6.07) is 7.97. The lowest BCUT2D eigenvalue weighted by Crippen LogP contribution is -2.25. The van der Waals surface area contributed by atoms with Crippen molar-refractivity contribution in [3.63, 3.8) is 0 Å². The van der Waals surface area contributed by atoms with Crippen LogP contribution in [0.1, 0.15) is 24.5 Å². The minimum absolute atomic E-state index is 0.0464. The fourth-order valence-corrected chi connectivity index (χ4v) is 4.74. The normalized spacial score (nSPS) is 13.1. The molecule has 1 aliphatic rings. The van der Waals surface area contributed by atoms with Crippen molar-refractivity contribution in [2.24, 2.45) is 0 Å². The molecule has 0 bridgehead atoms. The summed E-state index contributed by atoms with van der Waals surface area (Å²) >= 11 is 3.03. The third kappa shape index (κ3) is 4.62. The highest BCUT2D eigenvalue weighted by atomic mass is 32.2. The molecular weight excluding hydrogens is 420 g/mol. The van der Waals surface area contributed by atoms with Crippen molar-refractivity contribution in [2.75, 3.05) is 19.0 Å². The quantitative estimate of drug-likeness (QED) is 0.557. The molecule has 3 heterocycles. The first-order valence-electron chi connectivity index (χ1n) is 9.91. The van der Waals surface area contributed by atoms with Crippen molar-refractivity contribution >= 4 is 29.0 Å². The first kappa shape index (κ1) is 20.7. The predicted octanol–water partition coefficient (Wildman–Crippen LogP) is 3.90. The number of carbonyl (C=O) groups is 1. The molecule has 2 aromatic heterocycles. The van der Waals surface area contributed by atoms with Crippen LogP contribution in [0.2, 0.25) is 0 Å². The molecule has 1 aromatic carbocycles. The van der Waals surface area contributed by atoms with Gasteiger partial charge < -0.3 is 19.4 Å². The van der Waals surface area contributed by atoms with Crippen molar-refractivity contribution in [3.05, 3.63) is 40.8 Å². The van der Waals surface area contributed by atoms with E-state index in [1.807, 2.05) is 41.1 Å². The van der Waals surface area contributed by atoms with Crippen LogP contribution in [0.25, 0.3) is 10.7 Å². The summed E-state index contributed by atoms with van der Waals surface area (Å²) in [7, 11) is 0. The molecule has 30 heavy (non-hydrogen) atoms. The van der Waals surface area contributed by atoms with Crippen molar-refractivity contribution < 1.29 is 14.3 Å². The number of amides is 1. The molecule has 158 valence electrons. The summed E-state index contributed by atoms with van der Waals surface area (Å²) in [6.07, 6.45) is 0.869. The van der Waals surface area contributed by atoms with Crippen molar-refractivity contribution in [2.45, 2.75) is 38.5 Å². The number of benzene rings is 1. The summed E-state index contributed by atoms with van der Waals surface area (Å²) in [5, 5.41) is 14.3. The van der Waals surface area contributed by atoms with Crippen LogP contribution in [0.3, 0.4) is 0 Å². The fraction of sp³-hybridized carbons (Fsp3) is 0.381. The Morgan fingerprint density at radius 2 is 2.07 bits per heavy atom. The molecule has 0 radical (unpaired) electrons. The first-order valence-corrected chi connectivity index (χ1v) is 11.8. The number of hydrogen-bond donors (Lipinski definition) is 1. The van der Waals surface area contributed by atoms with E-state index in [4.69, 9.17) is 9.47 Å². The van der Waals surface area contributed by atoms with E-state index in [0.29, 0.717) is 19.8 Å². The zero-order chi connectivity index (χ0) is 20.9. The van der Waals surface area contributed by atoms with Crippen LogP contribution in [0.15, 0.2) is 34.8 Å². The zero-order valence-corrected chi connectivity index (χ0v) is 18.6. The molecule has 0 spiro atoms. The van der Waals surface area contributed by atoms with Crippen molar-refractivity contribution in [3.8, 4) is 22.2 Å². The average molecular weight is 445 g/mol. The van der Waals surface area contributed by atoms with Gasteiger partial charge in [-0.05, 0) is 48.6 Å². The Bertz CT molecular complexity index is 1020. The summed E-state index contributed by atoms with van der Waals surface area (Å²) in [5.41, 5.74) is 2.09. The van der Waals surface area contributed by atoms with Gasteiger partial charge in [0.05, 0.1) is 23.8 Å². The summed E-state index contributed by atoms with van der Waals surface area (Å²) in [4.78, 5) is 13.5. The Morgan fingerprint density at radius 1 is 1.27 bits per heavy atom. The second-order valence-electron chi connectivity index (χ2n) is 6.87. The van der Waals surface area contributed by atoms with Crippen LogP contribution in [-0.4, -0.2) is 39.6 Å². The van der Waals surface area contributed by atoms with E-state index in [1.165, 1.54) is 11.8 Å². The number of rotatable bonds is 7. The molecule has 0 unspecified atom stereocenters. The van der Waals surface area contributed by atoms with Gasteiger partial charge in [0.1, 0.15) is 0 Å². The monoisotopic (exact) mass is 444 g/mol. The van der Waals surface area contributed by atoms with Gasteiger partial charge in [0.25, 0.3) is 0 Å². The van der Waals surface area contributed by atoms with Gasteiger partial charge in [-0.25, -0.2) is 0 Å². The minimum Gasteiger partial charge on any atom is -0.490 e. The van der Waals surface area contributed by atoms with Gasteiger partial charge >= 0.3 is 0 Å². The SMILES string of the molecule is CCn1c(SCC(=O)NCc2cc3c(cc2C)OCCCO3)nnc1-c1cccs1. The lowest BCUT2D eigenvalue weighted by atomic mass is 10.1. The first-order chi connectivity index (χ1) is 14.7. The lowest BCUT2D eigenvalue weighted by Gasteiger charge is -2.13. The molecule has 4 rings (SSSR count). The van der Waals surface area contributed by atoms with Crippen LogP contribution in [0.5, 0.6) is 11.5 Å². The number of carbonyl (C=O) groups excluding carboxylic acids is 1. The third-order valence-electron chi connectivity index (χ3n) is 4.79. The molecule has 1 N–H and O–H groups in total. The van der Waals surface area contributed by atoms with Crippen LogP contribution >= 0.6 is 23.1 Å². The summed E-state index contributed by atoms with van der Waals surface area (Å²) < 4.78 is 13.5. The van der Waals surface area contributed by atoms with E-state index in [2.05, 4.69) is 22.4 Å². The maximum absolute atomic E-state index is 12.4. The molecule has 1 aliphatic heterocycles. The number of nitrogens with one attached hydrogen (secondary N) is 1. The highest BCUT2D eigenvalue weighted by Crippen LogP contribution is 2.32. The third-order valence-corrected chi connectivity index (χ3v) is 6.62. The lowest BCUT2D eigenvalue weighted by molar-refractivity contribution is -0.118. The second kappa shape index (κ2) is 9.53. The van der Waals surface area contributed by atoms with Gasteiger partial charge in [-0.2, -0.15) is 0 Å². The van der Waals surface area contributed by atoms with Crippen LogP contribution in [0.4, 0.5) is 0 Å². The maximum Gasteiger partial charge on any atom is 0.230 e. The number of aryl methyl sites for hydroxylation is 1. The van der Waals surface area contributed by atoms with Crippen LogP contribution < -0.4 is 14.8 Å². The van der Waals surface area contributed by atoms with Gasteiger partial charge in [-0.1, -0.05) is 17.8 Å². The molecule has 0 atom stereocenters. The fourth-order valence-electron chi connectivity index (χ4n) is 3.19. The van der Waals surface area contributed by atoms with Gasteiger partial charge in [0, 0.05) is 19.5 Å². The molecule has 0 saturated carbocycles. The average Bonchev–Trinajstić information content (AvgIpc) is 3.36. The highest BCUT2D eigenvalue weighted by molar-refractivity contribution is 7.99. The van der Waals surface area contributed by atoms with Crippen LogP contribution in [-0.2, 0) is 17.9 Å². The molecule has 0 fully saturated rings. The van der Waals surface area contributed by atoms with Crippen LogP contribution in [0, 0.1) is 6.92 Å². The van der Waals surface area contributed by atoms with Gasteiger partial charge in [-0.3, -0.25) is 4.79 Å². The molecule has 7 nitrogen and oxygen atoms in total. The molecule has 1 amide bonds. The smallest absolute Gasteiger partial charge is 0.230 e. The summed E-state index contributed by atoms with van der Waals surface area (Å²) in [6.45, 7) is 6.57. The number of aromatic nitrogens is 3. The number of fused-ring (bicyclic) bond motifs is 1. The predicted molar refractivity (Wildman–Crippen MR) is 118 cm³/mol. The molecule has 3 aromatic rings. The zero-order valence-electron chi connectivity index (χ0n) is 17.0. The molecule has 0 aliphatic carbocycles. The Labute approximate surface area is 183 Å². The number of nitrogens with zero attached hydrogens (tertiary/aromatic N) is 3. The Hall–Kier alpha value is -2.52. The van der Waals surface area contributed by atoms with E-state index in [0.717, 1.165) is 51.4 Å². The topological polar surface area (TPSA) is 78.3 Å². The summed E-state index contributed by atoms with van der Waals surface area (Å²) in [5.74, 6) is 2.60. The highest BCUT2D eigenvalue weighted by Gasteiger charge is 2.16. The van der Waals surface area contributed by atoms with Gasteiger partial charge in [-0.15, -0.1) is 21.5 Å². The van der Waals surface area contributed by atoms with Gasteiger partial charge in [0.2, 0.25) is 5.91 Å². The Morgan fingerprint density at radius 3 is 2.80 bits per heavy atom. The number of ether oxygens (including phenoxy) is 2. The largest absolute Gasteiger partial charge is 0.490 e. The van der Waals surface area contributed by atoms with E-state index in [-0.39, 0.29) is 11.7 Å². The number of thiophene rings is 1. The molecular formula is C21H24N4O3S2. The van der Waals surface area contributed by atoms with E-state index >= 15 is 0 Å².